The Labute approximate surface area is 166 Å². The van der Waals surface area contributed by atoms with E-state index in [0.717, 1.165) is 38.5 Å². The van der Waals surface area contributed by atoms with Crippen molar-refractivity contribution in [3.8, 4) is 11.5 Å². The zero-order valence-corrected chi connectivity index (χ0v) is 17.0. The lowest BCUT2D eigenvalue weighted by molar-refractivity contribution is -0.134. The van der Waals surface area contributed by atoms with Crippen LogP contribution in [0.15, 0.2) is 12.1 Å². The highest BCUT2D eigenvalue weighted by Gasteiger charge is 2.25. The molecule has 0 bridgehead atoms. The van der Waals surface area contributed by atoms with Crippen molar-refractivity contribution >= 4 is 17.9 Å². The lowest BCUT2D eigenvalue weighted by atomic mass is 9.98. The highest BCUT2D eigenvalue weighted by Crippen LogP contribution is 2.32. The minimum absolute atomic E-state index is 0.0949. The first-order chi connectivity index (χ1) is 13.4. The van der Waals surface area contributed by atoms with Crippen LogP contribution in [0.25, 0.3) is 0 Å². The number of hydrogen-bond donors (Lipinski definition) is 0. The lowest BCUT2D eigenvalue weighted by Crippen LogP contribution is -2.19. The quantitative estimate of drug-likeness (QED) is 0.545. The fourth-order valence-electron chi connectivity index (χ4n) is 3.19. The van der Waals surface area contributed by atoms with Gasteiger partial charge in [-0.15, -0.1) is 0 Å². The molecular weight excluding hydrogens is 360 g/mol. The molecule has 1 aliphatic rings. The van der Waals surface area contributed by atoms with E-state index >= 15 is 0 Å². The number of cyclic esters (lactones) is 1. The second kappa shape index (κ2) is 10.8. The summed E-state index contributed by atoms with van der Waals surface area (Å²) in [6, 6.07) is 3.11. The van der Waals surface area contributed by atoms with Crippen molar-refractivity contribution in [3.05, 3.63) is 23.3 Å². The van der Waals surface area contributed by atoms with Gasteiger partial charge in [0.25, 0.3) is 0 Å². The molecule has 1 heterocycles. The number of rotatable bonds is 4. The monoisotopic (exact) mass is 390 g/mol. The summed E-state index contributed by atoms with van der Waals surface area (Å²) in [6.07, 6.45) is 6.79. The summed E-state index contributed by atoms with van der Waals surface area (Å²) in [5.41, 5.74) is 0.934. The number of fused-ring (bicyclic) bond motifs is 1. The lowest BCUT2D eigenvalue weighted by Gasteiger charge is -2.19. The van der Waals surface area contributed by atoms with E-state index < -0.39 is 17.9 Å². The number of benzene rings is 1. The van der Waals surface area contributed by atoms with Crippen LogP contribution < -0.4 is 9.47 Å². The topological polar surface area (TPSA) is 78.9 Å². The molecule has 1 aromatic carbocycles. The summed E-state index contributed by atoms with van der Waals surface area (Å²) in [7, 11) is 0. The second-order valence-corrected chi connectivity index (χ2v) is 7.13. The minimum atomic E-state index is -0.504. The number of aryl methyl sites for hydroxylation is 1. The summed E-state index contributed by atoms with van der Waals surface area (Å²) < 4.78 is 16.4. The molecule has 0 fully saturated rings. The number of ether oxygens (including phenoxy) is 3. The molecule has 154 valence electrons. The predicted molar refractivity (Wildman–Crippen MR) is 105 cm³/mol. The van der Waals surface area contributed by atoms with Crippen LogP contribution in [0, 0.1) is 0 Å². The molecule has 1 aromatic rings. The van der Waals surface area contributed by atoms with Gasteiger partial charge in [0.2, 0.25) is 0 Å². The maximum absolute atomic E-state index is 12.9. The van der Waals surface area contributed by atoms with Crippen LogP contribution in [0.1, 0.15) is 88.1 Å². The van der Waals surface area contributed by atoms with Gasteiger partial charge in [0.05, 0.1) is 6.10 Å². The fourth-order valence-corrected chi connectivity index (χ4v) is 3.19. The molecule has 6 nitrogen and oxygen atoms in total. The van der Waals surface area contributed by atoms with Crippen molar-refractivity contribution in [2.45, 2.75) is 84.7 Å². The van der Waals surface area contributed by atoms with Crippen LogP contribution >= 0.6 is 0 Å². The van der Waals surface area contributed by atoms with Crippen molar-refractivity contribution in [2.24, 2.45) is 0 Å². The van der Waals surface area contributed by atoms with E-state index in [2.05, 4.69) is 0 Å². The van der Waals surface area contributed by atoms with E-state index in [1.807, 2.05) is 6.92 Å². The average molecular weight is 390 g/mol. The van der Waals surface area contributed by atoms with Crippen LogP contribution in [-0.4, -0.2) is 24.0 Å². The average Bonchev–Trinajstić information content (AvgIpc) is 2.65. The van der Waals surface area contributed by atoms with Crippen molar-refractivity contribution in [3.63, 3.8) is 0 Å². The SMILES string of the molecule is CCC(=O)Oc1cc2c(c(OC(=O)CC)c1)C(=O)O[C@H](C)CCCCCCC2. The van der Waals surface area contributed by atoms with Gasteiger partial charge in [-0.25, -0.2) is 4.79 Å². The molecule has 0 saturated heterocycles. The van der Waals surface area contributed by atoms with E-state index in [9.17, 15) is 14.4 Å². The van der Waals surface area contributed by atoms with Gasteiger partial charge in [-0.05, 0) is 44.2 Å². The third kappa shape index (κ3) is 6.36. The van der Waals surface area contributed by atoms with E-state index in [1.165, 1.54) is 6.07 Å². The molecule has 2 rings (SSSR count). The zero-order chi connectivity index (χ0) is 20.5. The van der Waals surface area contributed by atoms with Crippen LogP contribution in [0.5, 0.6) is 11.5 Å². The number of carbonyl (C=O) groups is 3. The number of esters is 3. The Morgan fingerprint density at radius 2 is 1.64 bits per heavy atom. The molecule has 0 amide bonds. The maximum Gasteiger partial charge on any atom is 0.342 e. The molecular formula is C22H30O6. The van der Waals surface area contributed by atoms with Gasteiger partial charge in [-0.3, -0.25) is 9.59 Å². The molecule has 0 N–H and O–H groups in total. The molecule has 1 atom stereocenters. The molecule has 28 heavy (non-hydrogen) atoms. The van der Waals surface area contributed by atoms with E-state index in [4.69, 9.17) is 14.2 Å². The van der Waals surface area contributed by atoms with Gasteiger partial charge in [-0.2, -0.15) is 0 Å². The third-order valence-corrected chi connectivity index (χ3v) is 4.76. The summed E-state index contributed by atoms with van der Waals surface area (Å²) in [5, 5.41) is 0. The van der Waals surface area contributed by atoms with Gasteiger partial charge >= 0.3 is 17.9 Å². The minimum Gasteiger partial charge on any atom is -0.459 e. The highest BCUT2D eigenvalue weighted by molar-refractivity contribution is 5.96. The van der Waals surface area contributed by atoms with Gasteiger partial charge in [0.1, 0.15) is 17.1 Å². The summed E-state index contributed by atoms with van der Waals surface area (Å²) in [6.45, 7) is 5.25. The number of carbonyl (C=O) groups excluding carboxylic acids is 3. The highest BCUT2D eigenvalue weighted by atomic mass is 16.6. The maximum atomic E-state index is 12.9. The van der Waals surface area contributed by atoms with Crippen molar-refractivity contribution in [1.82, 2.24) is 0 Å². The molecule has 0 saturated carbocycles. The second-order valence-electron chi connectivity index (χ2n) is 7.13. The van der Waals surface area contributed by atoms with E-state index in [1.54, 1.807) is 19.9 Å². The summed E-state index contributed by atoms with van der Waals surface area (Å²) in [4.78, 5) is 36.5. The fraction of sp³-hybridized carbons (Fsp3) is 0.591. The van der Waals surface area contributed by atoms with Gasteiger partial charge in [0.15, 0.2) is 0 Å². The standard InChI is InChI=1S/C22H30O6/c1-4-19(23)27-17-13-16-12-10-8-6-7-9-11-15(3)26-22(25)21(16)18(14-17)28-20(24)5-2/h13-15H,4-12H2,1-3H3/t15-/m1/s1. The first-order valence-corrected chi connectivity index (χ1v) is 10.2. The van der Waals surface area contributed by atoms with E-state index in [-0.39, 0.29) is 36.0 Å². The molecule has 6 heteroatoms. The van der Waals surface area contributed by atoms with Crippen LogP contribution in [0.4, 0.5) is 0 Å². The van der Waals surface area contributed by atoms with Gasteiger partial charge in [0, 0.05) is 18.9 Å². The Kier molecular flexibility index (Phi) is 8.48. The Morgan fingerprint density at radius 3 is 2.36 bits per heavy atom. The largest absolute Gasteiger partial charge is 0.459 e. The van der Waals surface area contributed by atoms with Crippen molar-refractivity contribution in [2.75, 3.05) is 0 Å². The number of hydrogen-bond acceptors (Lipinski definition) is 6. The normalized spacial score (nSPS) is 18.1. The van der Waals surface area contributed by atoms with Crippen molar-refractivity contribution in [1.29, 1.82) is 0 Å². The third-order valence-electron chi connectivity index (χ3n) is 4.76. The summed E-state index contributed by atoms with van der Waals surface area (Å²) >= 11 is 0. The van der Waals surface area contributed by atoms with Crippen LogP contribution in [0.2, 0.25) is 0 Å². The molecule has 0 unspecified atom stereocenters. The zero-order valence-electron chi connectivity index (χ0n) is 17.0. The molecule has 0 radical (unpaired) electrons. The van der Waals surface area contributed by atoms with Crippen LogP contribution in [-0.2, 0) is 20.7 Å². The van der Waals surface area contributed by atoms with Crippen LogP contribution in [0.3, 0.4) is 0 Å². The van der Waals surface area contributed by atoms with Gasteiger partial charge < -0.3 is 14.2 Å². The van der Waals surface area contributed by atoms with Gasteiger partial charge in [-0.1, -0.05) is 33.1 Å². The first kappa shape index (κ1) is 21.9. The Hall–Kier alpha value is -2.37. The smallest absolute Gasteiger partial charge is 0.342 e. The molecule has 1 aliphatic heterocycles. The molecule has 0 spiro atoms. The van der Waals surface area contributed by atoms with E-state index in [0.29, 0.717) is 12.0 Å². The Morgan fingerprint density at radius 1 is 1.00 bits per heavy atom. The van der Waals surface area contributed by atoms with Crippen molar-refractivity contribution < 1.29 is 28.6 Å². The summed E-state index contributed by atoms with van der Waals surface area (Å²) in [5.74, 6) is -0.990. The molecule has 0 aliphatic carbocycles. The molecule has 0 aromatic heterocycles. The Balaban J connectivity index is 2.48. The predicted octanol–water partition coefficient (Wildman–Crippen LogP) is 4.76. The Bertz CT molecular complexity index is 709. The first-order valence-electron chi connectivity index (χ1n) is 10.2.